The molecule has 4 atom stereocenters. The molecule has 86 valence electrons. The van der Waals surface area contributed by atoms with Gasteiger partial charge < -0.3 is 14.2 Å². The second-order valence-electron chi connectivity index (χ2n) is 4.26. The van der Waals surface area contributed by atoms with Gasteiger partial charge in [0.05, 0.1) is 18.6 Å². The van der Waals surface area contributed by atoms with Crippen molar-refractivity contribution in [3.63, 3.8) is 0 Å². The van der Waals surface area contributed by atoms with Crippen LogP contribution in [0.3, 0.4) is 0 Å². The van der Waals surface area contributed by atoms with E-state index in [2.05, 4.69) is 6.92 Å². The lowest BCUT2D eigenvalue weighted by Gasteiger charge is -1.98. The van der Waals surface area contributed by atoms with Crippen LogP contribution in [0.15, 0.2) is 0 Å². The SMILES string of the molecule is CCCCC1OC1OC(=O)CC1OC1C. The highest BCUT2D eigenvalue weighted by Gasteiger charge is 2.43. The molecule has 2 fully saturated rings. The van der Waals surface area contributed by atoms with E-state index in [1.165, 1.54) is 0 Å². The maximum atomic E-state index is 11.3. The fraction of sp³-hybridized carbons (Fsp3) is 0.909. The largest absolute Gasteiger partial charge is 0.433 e. The van der Waals surface area contributed by atoms with Gasteiger partial charge in [0, 0.05) is 0 Å². The van der Waals surface area contributed by atoms with Crippen LogP contribution >= 0.6 is 0 Å². The first-order chi connectivity index (χ1) is 7.20. The fourth-order valence-electron chi connectivity index (χ4n) is 1.63. The minimum absolute atomic E-state index is 0.0744. The number of epoxide rings is 2. The molecule has 0 amide bonds. The summed E-state index contributed by atoms with van der Waals surface area (Å²) in [7, 11) is 0. The van der Waals surface area contributed by atoms with Gasteiger partial charge in [-0.05, 0) is 13.3 Å². The van der Waals surface area contributed by atoms with E-state index in [4.69, 9.17) is 14.2 Å². The Hall–Kier alpha value is -0.610. The minimum Gasteiger partial charge on any atom is -0.433 e. The molecule has 2 aliphatic rings. The Morgan fingerprint density at radius 3 is 2.67 bits per heavy atom. The van der Waals surface area contributed by atoms with Gasteiger partial charge in [-0.1, -0.05) is 19.8 Å². The van der Waals surface area contributed by atoms with Crippen molar-refractivity contribution in [3.8, 4) is 0 Å². The Morgan fingerprint density at radius 2 is 2.07 bits per heavy atom. The van der Waals surface area contributed by atoms with E-state index in [1.54, 1.807) is 0 Å². The molecule has 15 heavy (non-hydrogen) atoms. The van der Waals surface area contributed by atoms with Crippen molar-refractivity contribution in [1.82, 2.24) is 0 Å². The molecule has 0 radical (unpaired) electrons. The van der Waals surface area contributed by atoms with Crippen LogP contribution in [-0.2, 0) is 19.0 Å². The molecule has 0 aromatic rings. The summed E-state index contributed by atoms with van der Waals surface area (Å²) in [6.07, 6.45) is 3.78. The minimum atomic E-state index is -0.280. The van der Waals surface area contributed by atoms with Gasteiger partial charge in [0.15, 0.2) is 0 Å². The van der Waals surface area contributed by atoms with Gasteiger partial charge in [-0.25, -0.2) is 0 Å². The number of rotatable bonds is 6. The summed E-state index contributed by atoms with van der Waals surface area (Å²) in [6.45, 7) is 4.09. The average Bonchev–Trinajstić information content (AvgIpc) is 3.05. The Morgan fingerprint density at radius 1 is 1.33 bits per heavy atom. The van der Waals surface area contributed by atoms with Crippen molar-refractivity contribution in [1.29, 1.82) is 0 Å². The zero-order valence-corrected chi connectivity index (χ0v) is 9.27. The van der Waals surface area contributed by atoms with E-state index < -0.39 is 0 Å². The topological polar surface area (TPSA) is 51.4 Å². The summed E-state index contributed by atoms with van der Waals surface area (Å²) in [5.74, 6) is -0.201. The Labute approximate surface area is 89.9 Å². The number of hydrogen-bond acceptors (Lipinski definition) is 4. The van der Waals surface area contributed by atoms with Crippen LogP contribution in [0.25, 0.3) is 0 Å². The summed E-state index contributed by atoms with van der Waals surface area (Å²) in [4.78, 5) is 11.3. The van der Waals surface area contributed by atoms with Crippen LogP contribution in [0.2, 0.25) is 0 Å². The number of unbranched alkanes of at least 4 members (excludes halogenated alkanes) is 1. The molecule has 4 unspecified atom stereocenters. The van der Waals surface area contributed by atoms with E-state index in [0.29, 0.717) is 6.42 Å². The van der Waals surface area contributed by atoms with Gasteiger partial charge in [-0.3, -0.25) is 4.79 Å². The number of carbonyl (C=O) groups is 1. The second-order valence-corrected chi connectivity index (χ2v) is 4.26. The molecule has 0 N–H and O–H groups in total. The van der Waals surface area contributed by atoms with E-state index in [-0.39, 0.29) is 30.6 Å². The quantitative estimate of drug-likeness (QED) is 0.498. The first kappa shape index (κ1) is 10.9. The lowest BCUT2D eigenvalue weighted by atomic mass is 10.2. The van der Waals surface area contributed by atoms with Gasteiger partial charge in [0.2, 0.25) is 6.29 Å². The highest BCUT2D eigenvalue weighted by Crippen LogP contribution is 2.30. The monoisotopic (exact) mass is 214 g/mol. The van der Waals surface area contributed by atoms with Crippen molar-refractivity contribution >= 4 is 5.97 Å². The molecule has 0 aromatic carbocycles. The second kappa shape index (κ2) is 4.49. The predicted octanol–water partition coefficient (Wildman–Crippen LogP) is 1.62. The summed E-state index contributed by atoms with van der Waals surface area (Å²) >= 11 is 0. The molecule has 0 aromatic heterocycles. The molecule has 0 spiro atoms. The van der Waals surface area contributed by atoms with Crippen LogP contribution in [0.5, 0.6) is 0 Å². The molecule has 4 nitrogen and oxygen atoms in total. The Kier molecular flexibility index (Phi) is 3.26. The number of carbonyl (C=O) groups excluding carboxylic acids is 1. The highest BCUT2D eigenvalue weighted by molar-refractivity contribution is 5.70. The van der Waals surface area contributed by atoms with Gasteiger partial charge in [0.25, 0.3) is 0 Å². The number of ether oxygens (including phenoxy) is 3. The van der Waals surface area contributed by atoms with Crippen molar-refractivity contribution in [2.75, 3.05) is 0 Å². The molecule has 2 saturated heterocycles. The van der Waals surface area contributed by atoms with E-state index in [9.17, 15) is 4.79 Å². The Bertz CT molecular complexity index is 241. The average molecular weight is 214 g/mol. The summed E-state index contributed by atoms with van der Waals surface area (Å²) in [5.41, 5.74) is 0. The third-order valence-corrected chi connectivity index (χ3v) is 2.83. The molecular formula is C11H18O4. The van der Waals surface area contributed by atoms with Crippen LogP contribution < -0.4 is 0 Å². The molecular weight excluding hydrogens is 196 g/mol. The van der Waals surface area contributed by atoms with Crippen LogP contribution in [0, 0.1) is 0 Å². The molecule has 2 aliphatic heterocycles. The molecule has 2 heterocycles. The van der Waals surface area contributed by atoms with Crippen LogP contribution in [-0.4, -0.2) is 30.6 Å². The van der Waals surface area contributed by atoms with Crippen LogP contribution in [0.4, 0.5) is 0 Å². The maximum absolute atomic E-state index is 11.3. The van der Waals surface area contributed by atoms with Crippen LogP contribution in [0.1, 0.15) is 39.5 Å². The number of hydrogen-bond donors (Lipinski definition) is 0. The molecule has 4 heteroatoms. The molecule has 0 aliphatic carbocycles. The van der Waals surface area contributed by atoms with E-state index in [0.717, 1.165) is 19.3 Å². The maximum Gasteiger partial charge on any atom is 0.310 e. The third kappa shape index (κ3) is 3.18. The van der Waals surface area contributed by atoms with Crippen molar-refractivity contribution in [3.05, 3.63) is 0 Å². The first-order valence-electron chi connectivity index (χ1n) is 5.71. The van der Waals surface area contributed by atoms with Crippen molar-refractivity contribution < 1.29 is 19.0 Å². The van der Waals surface area contributed by atoms with Gasteiger partial charge in [-0.2, -0.15) is 0 Å². The lowest BCUT2D eigenvalue weighted by Crippen LogP contribution is -2.12. The third-order valence-electron chi connectivity index (χ3n) is 2.83. The first-order valence-corrected chi connectivity index (χ1v) is 5.71. The fourth-order valence-corrected chi connectivity index (χ4v) is 1.63. The zero-order valence-electron chi connectivity index (χ0n) is 9.27. The summed E-state index contributed by atoms with van der Waals surface area (Å²) in [6, 6.07) is 0. The van der Waals surface area contributed by atoms with Crippen molar-refractivity contribution in [2.45, 2.75) is 64.1 Å². The zero-order chi connectivity index (χ0) is 10.8. The summed E-state index contributed by atoms with van der Waals surface area (Å²) in [5, 5.41) is 0. The summed E-state index contributed by atoms with van der Waals surface area (Å²) < 4.78 is 15.5. The van der Waals surface area contributed by atoms with Gasteiger partial charge >= 0.3 is 5.97 Å². The van der Waals surface area contributed by atoms with Crippen molar-refractivity contribution in [2.24, 2.45) is 0 Å². The Balaban J connectivity index is 1.56. The standard InChI is InChI=1S/C11H18O4/c1-3-4-5-8-11(14-8)15-10(12)6-9-7(2)13-9/h7-9,11H,3-6H2,1-2H3. The van der Waals surface area contributed by atoms with E-state index >= 15 is 0 Å². The normalized spacial score (nSPS) is 37.5. The smallest absolute Gasteiger partial charge is 0.310 e. The molecule has 2 rings (SSSR count). The van der Waals surface area contributed by atoms with E-state index in [1.807, 2.05) is 6.92 Å². The molecule has 0 bridgehead atoms. The van der Waals surface area contributed by atoms with Gasteiger partial charge in [0.1, 0.15) is 6.10 Å². The lowest BCUT2D eigenvalue weighted by molar-refractivity contribution is -0.148. The number of esters is 1. The molecule has 0 saturated carbocycles. The highest BCUT2D eigenvalue weighted by atomic mass is 16.8. The predicted molar refractivity (Wildman–Crippen MR) is 53.2 cm³/mol. The van der Waals surface area contributed by atoms with Gasteiger partial charge in [-0.15, -0.1) is 0 Å².